The highest BCUT2D eigenvalue weighted by Crippen LogP contribution is 2.22. The summed E-state index contributed by atoms with van der Waals surface area (Å²) in [7, 11) is 1.63. The van der Waals surface area contributed by atoms with Gasteiger partial charge in [0.1, 0.15) is 5.75 Å². The fourth-order valence-electron chi connectivity index (χ4n) is 2.86. The summed E-state index contributed by atoms with van der Waals surface area (Å²) < 4.78 is 5.17. The number of amides is 1. The van der Waals surface area contributed by atoms with Crippen molar-refractivity contribution in [1.29, 1.82) is 0 Å². The molecule has 0 fully saturated rings. The summed E-state index contributed by atoms with van der Waals surface area (Å²) in [5, 5.41) is 3.27. The first-order valence-corrected chi connectivity index (χ1v) is 8.85. The van der Waals surface area contributed by atoms with Crippen LogP contribution in [0.1, 0.15) is 22.8 Å². The average Bonchev–Trinajstić information content (AvgIpc) is 2.69. The number of benzene rings is 2. The lowest BCUT2D eigenvalue weighted by Gasteiger charge is -2.21. The summed E-state index contributed by atoms with van der Waals surface area (Å²) in [4.78, 5) is 19.0. The molecule has 1 aromatic heterocycles. The lowest BCUT2D eigenvalue weighted by molar-refractivity contribution is 0.0988. The minimum absolute atomic E-state index is 0.0750. The van der Waals surface area contributed by atoms with Crippen LogP contribution in [-0.4, -0.2) is 24.5 Å². The molecule has 0 aliphatic carbocycles. The van der Waals surface area contributed by atoms with Crippen molar-refractivity contribution >= 4 is 23.0 Å². The number of methoxy groups -OCH3 is 1. The van der Waals surface area contributed by atoms with Crippen LogP contribution in [0.5, 0.6) is 5.75 Å². The number of carbonyl (C=O) groups excluding carboxylic acids is 1. The number of hydrogen-bond acceptors (Lipinski definition) is 4. The monoisotopic (exact) mass is 361 g/mol. The van der Waals surface area contributed by atoms with Crippen molar-refractivity contribution in [2.24, 2.45) is 0 Å². The first kappa shape index (κ1) is 18.5. The molecule has 138 valence electrons. The molecule has 3 aromatic rings. The summed E-state index contributed by atoms with van der Waals surface area (Å²) in [6.07, 6.45) is 3.30. The highest BCUT2D eigenvalue weighted by atomic mass is 16.5. The number of hydrogen-bond donors (Lipinski definition) is 1. The van der Waals surface area contributed by atoms with Gasteiger partial charge in [-0.05, 0) is 61.9 Å². The predicted molar refractivity (Wildman–Crippen MR) is 109 cm³/mol. The number of pyridine rings is 1. The number of aromatic nitrogens is 1. The van der Waals surface area contributed by atoms with Crippen LogP contribution in [0.3, 0.4) is 0 Å². The van der Waals surface area contributed by atoms with Gasteiger partial charge >= 0.3 is 0 Å². The van der Waals surface area contributed by atoms with Crippen molar-refractivity contribution in [2.45, 2.75) is 13.8 Å². The van der Waals surface area contributed by atoms with Crippen LogP contribution in [0.2, 0.25) is 0 Å². The van der Waals surface area contributed by atoms with Gasteiger partial charge in [-0.1, -0.05) is 12.1 Å². The maximum atomic E-state index is 13.0. The van der Waals surface area contributed by atoms with Crippen molar-refractivity contribution in [3.05, 3.63) is 78.1 Å². The SMILES string of the molecule is CCN(C(=O)c1cncc(Nc2ccc(OC)cc2)c1)c1cccc(C)c1. The first-order valence-electron chi connectivity index (χ1n) is 8.85. The molecule has 0 unspecified atom stereocenters. The van der Waals surface area contributed by atoms with Crippen molar-refractivity contribution < 1.29 is 9.53 Å². The molecule has 0 saturated heterocycles. The smallest absolute Gasteiger partial charge is 0.259 e. The standard InChI is InChI=1S/C22H23N3O2/c1-4-25(20-7-5-6-16(2)12-20)22(26)17-13-19(15-23-14-17)24-18-8-10-21(27-3)11-9-18/h5-15,24H,4H2,1-3H3. The molecule has 0 bridgehead atoms. The second-order valence-corrected chi connectivity index (χ2v) is 6.20. The molecule has 5 nitrogen and oxygen atoms in total. The Kier molecular flexibility index (Phi) is 5.71. The topological polar surface area (TPSA) is 54.5 Å². The third-order valence-corrected chi connectivity index (χ3v) is 4.24. The van der Waals surface area contributed by atoms with E-state index in [9.17, 15) is 4.79 Å². The summed E-state index contributed by atoms with van der Waals surface area (Å²) in [5.41, 5.74) is 4.19. The van der Waals surface area contributed by atoms with E-state index in [-0.39, 0.29) is 5.91 Å². The largest absolute Gasteiger partial charge is 0.497 e. The highest BCUT2D eigenvalue weighted by molar-refractivity contribution is 6.06. The third kappa shape index (κ3) is 4.44. The lowest BCUT2D eigenvalue weighted by atomic mass is 10.1. The van der Waals surface area contributed by atoms with Gasteiger partial charge in [-0.25, -0.2) is 0 Å². The zero-order valence-electron chi connectivity index (χ0n) is 15.8. The van der Waals surface area contributed by atoms with Crippen LogP contribution in [0.25, 0.3) is 0 Å². The lowest BCUT2D eigenvalue weighted by Crippen LogP contribution is -2.30. The van der Waals surface area contributed by atoms with Crippen molar-refractivity contribution in [1.82, 2.24) is 4.98 Å². The summed E-state index contributed by atoms with van der Waals surface area (Å²) in [6, 6.07) is 17.3. The minimum atomic E-state index is -0.0750. The quantitative estimate of drug-likeness (QED) is 0.685. The molecule has 3 rings (SSSR count). The Morgan fingerprint density at radius 1 is 1.07 bits per heavy atom. The van der Waals surface area contributed by atoms with E-state index >= 15 is 0 Å². The molecule has 0 aliphatic rings. The van der Waals surface area contributed by atoms with Crippen LogP contribution >= 0.6 is 0 Å². The fraction of sp³-hybridized carbons (Fsp3) is 0.182. The van der Waals surface area contributed by atoms with E-state index < -0.39 is 0 Å². The van der Waals surface area contributed by atoms with Gasteiger partial charge in [-0.3, -0.25) is 9.78 Å². The van der Waals surface area contributed by atoms with E-state index in [4.69, 9.17) is 4.74 Å². The van der Waals surface area contributed by atoms with E-state index in [0.29, 0.717) is 12.1 Å². The van der Waals surface area contributed by atoms with E-state index in [1.807, 2.05) is 68.4 Å². The Labute approximate surface area is 159 Å². The molecule has 27 heavy (non-hydrogen) atoms. The number of nitrogens with one attached hydrogen (secondary N) is 1. The average molecular weight is 361 g/mol. The molecule has 1 N–H and O–H groups in total. The molecule has 0 spiro atoms. The minimum Gasteiger partial charge on any atom is -0.497 e. The molecule has 1 amide bonds. The molecule has 1 heterocycles. The molecule has 0 radical (unpaired) electrons. The molecule has 5 heteroatoms. The molecule has 0 atom stereocenters. The summed E-state index contributed by atoms with van der Waals surface area (Å²) >= 11 is 0. The van der Waals surface area contributed by atoms with Gasteiger partial charge in [0.05, 0.1) is 24.6 Å². The van der Waals surface area contributed by atoms with Crippen LogP contribution in [0, 0.1) is 6.92 Å². The van der Waals surface area contributed by atoms with Gasteiger partial charge in [0.25, 0.3) is 5.91 Å². The van der Waals surface area contributed by atoms with E-state index in [0.717, 1.165) is 28.4 Å². The number of aryl methyl sites for hydroxylation is 1. The van der Waals surface area contributed by atoms with Crippen molar-refractivity contribution in [2.75, 3.05) is 23.9 Å². The van der Waals surface area contributed by atoms with Crippen LogP contribution in [-0.2, 0) is 0 Å². The van der Waals surface area contributed by atoms with E-state index in [1.165, 1.54) is 0 Å². The maximum Gasteiger partial charge on any atom is 0.259 e. The predicted octanol–water partition coefficient (Wildman–Crippen LogP) is 4.81. The Morgan fingerprint density at radius 3 is 2.52 bits per heavy atom. The molecular formula is C22H23N3O2. The van der Waals surface area contributed by atoms with Gasteiger partial charge in [0.2, 0.25) is 0 Å². The van der Waals surface area contributed by atoms with Crippen molar-refractivity contribution in [3.8, 4) is 5.75 Å². The van der Waals surface area contributed by atoms with E-state index in [2.05, 4.69) is 10.3 Å². The van der Waals surface area contributed by atoms with Crippen LogP contribution < -0.4 is 15.0 Å². The van der Waals surface area contributed by atoms with Gasteiger partial charge in [-0.15, -0.1) is 0 Å². The number of ether oxygens (including phenoxy) is 1. The number of anilines is 3. The zero-order valence-corrected chi connectivity index (χ0v) is 15.8. The Hall–Kier alpha value is -3.34. The van der Waals surface area contributed by atoms with Gasteiger partial charge in [-0.2, -0.15) is 0 Å². The fourth-order valence-corrected chi connectivity index (χ4v) is 2.86. The Morgan fingerprint density at radius 2 is 1.85 bits per heavy atom. The second kappa shape index (κ2) is 8.36. The zero-order chi connectivity index (χ0) is 19.2. The van der Waals surface area contributed by atoms with Crippen molar-refractivity contribution in [3.63, 3.8) is 0 Å². The molecule has 2 aromatic carbocycles. The Balaban J connectivity index is 1.81. The Bertz CT molecular complexity index is 923. The second-order valence-electron chi connectivity index (χ2n) is 6.20. The number of nitrogens with zero attached hydrogens (tertiary/aromatic N) is 2. The van der Waals surface area contributed by atoms with E-state index in [1.54, 1.807) is 24.4 Å². The van der Waals surface area contributed by atoms with Gasteiger partial charge < -0.3 is 15.0 Å². The summed E-state index contributed by atoms with van der Waals surface area (Å²) in [5.74, 6) is 0.716. The first-order chi connectivity index (χ1) is 13.1. The van der Waals surface area contributed by atoms with Crippen LogP contribution in [0.4, 0.5) is 17.1 Å². The van der Waals surface area contributed by atoms with Gasteiger partial charge in [0, 0.05) is 24.1 Å². The third-order valence-electron chi connectivity index (χ3n) is 4.24. The normalized spacial score (nSPS) is 10.3. The number of rotatable bonds is 6. The highest BCUT2D eigenvalue weighted by Gasteiger charge is 2.17. The summed E-state index contributed by atoms with van der Waals surface area (Å²) in [6.45, 7) is 4.56. The number of carbonyl (C=O) groups is 1. The van der Waals surface area contributed by atoms with Gasteiger partial charge in [0.15, 0.2) is 0 Å². The molecule has 0 saturated carbocycles. The molecular weight excluding hydrogens is 338 g/mol. The maximum absolute atomic E-state index is 13.0. The molecule has 0 aliphatic heterocycles. The van der Waals surface area contributed by atoms with Crippen LogP contribution in [0.15, 0.2) is 67.0 Å².